The fourth-order valence-electron chi connectivity index (χ4n) is 1.73. The summed E-state index contributed by atoms with van der Waals surface area (Å²) in [5.74, 6) is -0.407. The molecule has 100 valence electrons. The van der Waals surface area contributed by atoms with Gasteiger partial charge in [0.05, 0.1) is 10.0 Å². The summed E-state index contributed by atoms with van der Waals surface area (Å²) in [5, 5.41) is 13.0. The van der Waals surface area contributed by atoms with Gasteiger partial charge in [-0.3, -0.25) is 0 Å². The Hall–Kier alpha value is -1.45. The van der Waals surface area contributed by atoms with Crippen LogP contribution in [0.2, 0.25) is 10.0 Å². The van der Waals surface area contributed by atoms with Gasteiger partial charge < -0.3 is 10.4 Å². The first-order valence-corrected chi connectivity index (χ1v) is 6.43. The number of benzene rings is 2. The van der Waals surface area contributed by atoms with E-state index in [1.807, 2.05) is 6.92 Å². The fourth-order valence-corrected chi connectivity index (χ4v) is 2.22. The zero-order valence-electron chi connectivity index (χ0n) is 10.1. The molecule has 0 heterocycles. The molecule has 2 aromatic carbocycles. The molecule has 19 heavy (non-hydrogen) atoms. The number of hydrogen-bond donors (Lipinski definition) is 2. The molecule has 2 N–H and O–H groups in total. The highest BCUT2D eigenvalue weighted by molar-refractivity contribution is 6.37. The second kappa shape index (κ2) is 5.68. The molecule has 2 aromatic rings. The van der Waals surface area contributed by atoms with Crippen LogP contribution < -0.4 is 5.32 Å². The van der Waals surface area contributed by atoms with Crippen LogP contribution >= 0.6 is 23.2 Å². The molecule has 1 atom stereocenters. The summed E-state index contributed by atoms with van der Waals surface area (Å²) in [6.45, 7) is 1.93. The predicted molar refractivity (Wildman–Crippen MR) is 76.6 cm³/mol. The highest BCUT2D eigenvalue weighted by Gasteiger charge is 2.10. The summed E-state index contributed by atoms with van der Waals surface area (Å²) < 4.78 is 12.8. The van der Waals surface area contributed by atoms with E-state index in [-0.39, 0.29) is 27.7 Å². The number of hydrogen-bond acceptors (Lipinski definition) is 2. The van der Waals surface area contributed by atoms with E-state index in [0.717, 1.165) is 5.56 Å². The summed E-state index contributed by atoms with van der Waals surface area (Å²) in [4.78, 5) is 0. The van der Waals surface area contributed by atoms with Gasteiger partial charge >= 0.3 is 0 Å². The van der Waals surface area contributed by atoms with Gasteiger partial charge in [0.25, 0.3) is 0 Å². The van der Waals surface area contributed by atoms with Crippen LogP contribution in [0.1, 0.15) is 18.5 Å². The predicted octanol–water partition coefficient (Wildman–Crippen LogP) is 5.01. The Morgan fingerprint density at radius 3 is 2.16 bits per heavy atom. The van der Waals surface area contributed by atoms with Crippen molar-refractivity contribution in [1.82, 2.24) is 0 Å². The zero-order valence-corrected chi connectivity index (χ0v) is 11.6. The molecule has 2 nitrogen and oxygen atoms in total. The fraction of sp³-hybridized carbons (Fsp3) is 0.143. The Kier molecular flexibility index (Phi) is 4.17. The summed E-state index contributed by atoms with van der Waals surface area (Å²) in [5.41, 5.74) is 1.62. The first-order valence-electron chi connectivity index (χ1n) is 5.67. The first-order chi connectivity index (χ1) is 8.97. The van der Waals surface area contributed by atoms with Gasteiger partial charge in [0.2, 0.25) is 0 Å². The third kappa shape index (κ3) is 3.31. The molecule has 2 rings (SSSR count). The molecule has 0 fully saturated rings. The van der Waals surface area contributed by atoms with Crippen LogP contribution in [-0.2, 0) is 0 Å². The van der Waals surface area contributed by atoms with E-state index in [1.165, 1.54) is 12.1 Å². The Bertz CT molecular complexity index is 563. The van der Waals surface area contributed by atoms with Crippen molar-refractivity contribution in [3.8, 4) is 5.75 Å². The van der Waals surface area contributed by atoms with Gasteiger partial charge in [-0.1, -0.05) is 35.3 Å². The number of phenols is 1. The molecule has 0 amide bonds. The molecule has 5 heteroatoms. The normalized spacial score (nSPS) is 12.2. The first kappa shape index (κ1) is 14.0. The van der Waals surface area contributed by atoms with Crippen LogP contribution in [-0.4, -0.2) is 5.11 Å². The SMILES string of the molecule is CC(Nc1cc(Cl)c(O)c(Cl)c1)c1ccc(F)cc1. The van der Waals surface area contributed by atoms with Crippen LogP contribution in [0.4, 0.5) is 10.1 Å². The maximum Gasteiger partial charge on any atom is 0.152 e. The average Bonchev–Trinajstić information content (AvgIpc) is 2.36. The largest absolute Gasteiger partial charge is 0.505 e. The van der Waals surface area contributed by atoms with Gasteiger partial charge in [0.1, 0.15) is 5.82 Å². The quantitative estimate of drug-likeness (QED) is 0.781. The molecule has 0 saturated heterocycles. The van der Waals surface area contributed by atoms with E-state index < -0.39 is 0 Å². The lowest BCUT2D eigenvalue weighted by Crippen LogP contribution is -2.06. The van der Waals surface area contributed by atoms with E-state index in [2.05, 4.69) is 5.32 Å². The van der Waals surface area contributed by atoms with Crippen molar-refractivity contribution < 1.29 is 9.50 Å². The number of halogens is 3. The summed E-state index contributed by atoms with van der Waals surface area (Å²) in [7, 11) is 0. The van der Waals surface area contributed by atoms with E-state index in [0.29, 0.717) is 5.69 Å². The molecule has 0 aliphatic carbocycles. The molecular weight excluding hydrogens is 288 g/mol. The molecule has 0 saturated carbocycles. The minimum absolute atomic E-state index is 0.0442. The van der Waals surface area contributed by atoms with Gasteiger partial charge in [0.15, 0.2) is 5.75 Å². The highest BCUT2D eigenvalue weighted by Crippen LogP contribution is 2.35. The number of phenolic OH excluding ortho intramolecular Hbond substituents is 1. The standard InChI is InChI=1S/C14H12Cl2FNO/c1-8(9-2-4-10(17)5-3-9)18-11-6-12(15)14(19)13(16)7-11/h2-8,18-19H,1H3. The van der Waals surface area contributed by atoms with Crippen molar-refractivity contribution in [2.45, 2.75) is 13.0 Å². The number of anilines is 1. The van der Waals surface area contributed by atoms with Crippen LogP contribution in [0.3, 0.4) is 0 Å². The number of rotatable bonds is 3. The molecule has 1 unspecified atom stereocenters. The summed E-state index contributed by atoms with van der Waals surface area (Å²) in [6.07, 6.45) is 0. The van der Waals surface area contributed by atoms with Crippen molar-refractivity contribution in [2.24, 2.45) is 0 Å². The van der Waals surface area contributed by atoms with Crippen molar-refractivity contribution in [2.75, 3.05) is 5.32 Å². The van der Waals surface area contributed by atoms with Gasteiger partial charge in [-0.2, -0.15) is 0 Å². The third-order valence-corrected chi connectivity index (χ3v) is 3.35. The Morgan fingerprint density at radius 1 is 1.11 bits per heavy atom. The lowest BCUT2D eigenvalue weighted by atomic mass is 10.1. The zero-order chi connectivity index (χ0) is 14.0. The topological polar surface area (TPSA) is 32.3 Å². The van der Waals surface area contributed by atoms with Crippen LogP contribution in [0.5, 0.6) is 5.75 Å². The van der Waals surface area contributed by atoms with Crippen LogP contribution in [0.25, 0.3) is 0 Å². The lowest BCUT2D eigenvalue weighted by molar-refractivity contribution is 0.476. The maximum absolute atomic E-state index is 12.8. The van der Waals surface area contributed by atoms with E-state index in [9.17, 15) is 9.50 Å². The maximum atomic E-state index is 12.8. The number of nitrogens with one attached hydrogen (secondary N) is 1. The minimum atomic E-state index is -0.272. The Morgan fingerprint density at radius 2 is 1.63 bits per heavy atom. The molecule has 0 bridgehead atoms. The van der Waals surface area contributed by atoms with Crippen LogP contribution in [0, 0.1) is 5.82 Å². The van der Waals surface area contributed by atoms with E-state index in [1.54, 1.807) is 24.3 Å². The molecule has 0 aliphatic rings. The second-order valence-electron chi connectivity index (χ2n) is 4.21. The molecule has 0 spiro atoms. The minimum Gasteiger partial charge on any atom is -0.505 e. The van der Waals surface area contributed by atoms with Crippen molar-refractivity contribution >= 4 is 28.9 Å². The Labute approximate surface area is 120 Å². The highest BCUT2D eigenvalue weighted by atomic mass is 35.5. The molecular formula is C14H12Cl2FNO. The third-order valence-electron chi connectivity index (χ3n) is 2.77. The van der Waals surface area contributed by atoms with E-state index in [4.69, 9.17) is 23.2 Å². The van der Waals surface area contributed by atoms with Gasteiger partial charge in [-0.05, 0) is 36.8 Å². The smallest absolute Gasteiger partial charge is 0.152 e. The van der Waals surface area contributed by atoms with Crippen molar-refractivity contribution in [3.63, 3.8) is 0 Å². The molecule has 0 radical (unpaired) electrons. The number of aromatic hydroxyl groups is 1. The van der Waals surface area contributed by atoms with Gasteiger partial charge in [-0.25, -0.2) is 4.39 Å². The second-order valence-corrected chi connectivity index (χ2v) is 5.02. The van der Waals surface area contributed by atoms with Gasteiger partial charge in [-0.15, -0.1) is 0 Å². The Balaban J connectivity index is 2.19. The summed E-state index contributed by atoms with van der Waals surface area (Å²) in [6, 6.07) is 9.35. The van der Waals surface area contributed by atoms with Crippen molar-refractivity contribution in [3.05, 3.63) is 57.8 Å². The molecule has 0 aromatic heterocycles. The van der Waals surface area contributed by atoms with Crippen molar-refractivity contribution in [1.29, 1.82) is 0 Å². The monoisotopic (exact) mass is 299 g/mol. The molecule has 0 aliphatic heterocycles. The lowest BCUT2D eigenvalue weighted by Gasteiger charge is -2.16. The average molecular weight is 300 g/mol. The van der Waals surface area contributed by atoms with Crippen LogP contribution in [0.15, 0.2) is 36.4 Å². The van der Waals surface area contributed by atoms with Gasteiger partial charge in [0, 0.05) is 11.7 Å². The summed E-state index contributed by atoms with van der Waals surface area (Å²) >= 11 is 11.7. The van der Waals surface area contributed by atoms with E-state index >= 15 is 0 Å².